The molecule has 41 heavy (non-hydrogen) atoms. The fourth-order valence-corrected chi connectivity index (χ4v) is 5.25. The normalized spacial score (nSPS) is 11.7. The molecule has 8 nitrogen and oxygen atoms in total. The molecule has 3 aromatic carbocycles. The highest BCUT2D eigenvalue weighted by Crippen LogP contribution is 2.29. The molecular formula is C29H26F3N3O5S. The fourth-order valence-electron chi connectivity index (χ4n) is 4.07. The summed E-state index contributed by atoms with van der Waals surface area (Å²) in [5.41, 5.74) is 1.50. The van der Waals surface area contributed by atoms with Crippen molar-refractivity contribution in [3.63, 3.8) is 0 Å². The molecule has 1 heterocycles. The van der Waals surface area contributed by atoms with E-state index in [1.165, 1.54) is 42.5 Å². The minimum Gasteiger partial charge on any atom is -0.406 e. The molecule has 0 unspecified atom stereocenters. The van der Waals surface area contributed by atoms with Gasteiger partial charge in [-0.05, 0) is 55.0 Å². The molecule has 2 N–H and O–H groups in total. The van der Waals surface area contributed by atoms with Crippen LogP contribution in [0.1, 0.15) is 43.0 Å². The maximum atomic E-state index is 13.1. The van der Waals surface area contributed by atoms with E-state index in [1.54, 1.807) is 36.4 Å². The van der Waals surface area contributed by atoms with Gasteiger partial charge in [-0.1, -0.05) is 50.1 Å². The number of benzene rings is 3. The van der Waals surface area contributed by atoms with Crippen LogP contribution in [0.5, 0.6) is 5.75 Å². The number of alkyl halides is 3. The van der Waals surface area contributed by atoms with Gasteiger partial charge in [0.25, 0.3) is 15.9 Å². The molecule has 0 saturated carbocycles. The molecule has 214 valence electrons. The van der Waals surface area contributed by atoms with Gasteiger partial charge in [-0.15, -0.1) is 13.2 Å². The SMILES string of the molecule is CCCCCC(=O)NS(=O)(=O)c1ccccc1NC(=O)c1ccc2nc(-c3cccc(OC(F)(F)F)c3)ccc2c1. The Bertz CT molecular complexity index is 1690. The van der Waals surface area contributed by atoms with Crippen molar-refractivity contribution in [3.05, 3.63) is 84.4 Å². The minimum absolute atomic E-state index is 0.000820. The first-order chi connectivity index (χ1) is 19.4. The second kappa shape index (κ2) is 12.4. The van der Waals surface area contributed by atoms with Crippen LogP contribution in [-0.4, -0.2) is 31.6 Å². The summed E-state index contributed by atoms with van der Waals surface area (Å²) in [6, 6.07) is 19.1. The molecule has 0 saturated heterocycles. The van der Waals surface area contributed by atoms with Gasteiger partial charge in [0, 0.05) is 22.9 Å². The molecule has 0 bridgehead atoms. The van der Waals surface area contributed by atoms with Crippen LogP contribution < -0.4 is 14.8 Å². The largest absolute Gasteiger partial charge is 0.573 e. The Morgan fingerprint density at radius 3 is 2.46 bits per heavy atom. The Balaban J connectivity index is 1.53. The first kappa shape index (κ1) is 29.5. The number of hydrogen-bond donors (Lipinski definition) is 2. The zero-order chi connectivity index (χ0) is 29.6. The highest BCUT2D eigenvalue weighted by Gasteiger charge is 2.31. The van der Waals surface area contributed by atoms with E-state index in [4.69, 9.17) is 0 Å². The number of halogens is 3. The predicted octanol–water partition coefficient (Wildman–Crippen LogP) is 6.44. The molecule has 0 radical (unpaired) electrons. The van der Waals surface area contributed by atoms with E-state index in [9.17, 15) is 31.2 Å². The number of para-hydroxylation sites is 1. The van der Waals surface area contributed by atoms with Gasteiger partial charge < -0.3 is 10.1 Å². The smallest absolute Gasteiger partial charge is 0.406 e. The number of nitrogens with one attached hydrogen (secondary N) is 2. The van der Waals surface area contributed by atoms with Crippen LogP contribution in [0.2, 0.25) is 0 Å². The van der Waals surface area contributed by atoms with Gasteiger partial charge in [0.05, 0.1) is 16.9 Å². The van der Waals surface area contributed by atoms with E-state index in [2.05, 4.69) is 19.8 Å². The van der Waals surface area contributed by atoms with Gasteiger partial charge in [0.15, 0.2) is 0 Å². The summed E-state index contributed by atoms with van der Waals surface area (Å²) in [4.78, 5) is 29.4. The Morgan fingerprint density at radius 1 is 0.927 bits per heavy atom. The van der Waals surface area contributed by atoms with Crippen molar-refractivity contribution in [1.29, 1.82) is 0 Å². The number of carbonyl (C=O) groups is 2. The maximum Gasteiger partial charge on any atom is 0.573 e. The Kier molecular flexibility index (Phi) is 8.92. The van der Waals surface area contributed by atoms with Gasteiger partial charge in [-0.25, -0.2) is 18.1 Å². The number of carbonyl (C=O) groups excluding carboxylic acids is 2. The quantitative estimate of drug-likeness (QED) is 0.207. The van der Waals surface area contributed by atoms with E-state index < -0.39 is 28.2 Å². The highest BCUT2D eigenvalue weighted by molar-refractivity contribution is 7.90. The highest BCUT2D eigenvalue weighted by atomic mass is 32.2. The Labute approximate surface area is 234 Å². The molecule has 12 heteroatoms. The molecule has 0 aliphatic carbocycles. The summed E-state index contributed by atoms with van der Waals surface area (Å²) < 4.78 is 69.5. The lowest BCUT2D eigenvalue weighted by Crippen LogP contribution is -2.31. The van der Waals surface area contributed by atoms with Crippen molar-refractivity contribution < 1.29 is 35.9 Å². The molecule has 4 aromatic rings. The van der Waals surface area contributed by atoms with Crippen LogP contribution in [-0.2, 0) is 14.8 Å². The van der Waals surface area contributed by atoms with E-state index in [1.807, 2.05) is 6.92 Å². The van der Waals surface area contributed by atoms with E-state index in [0.717, 1.165) is 12.8 Å². The van der Waals surface area contributed by atoms with Crippen molar-refractivity contribution in [1.82, 2.24) is 9.71 Å². The Hall–Kier alpha value is -4.45. The van der Waals surface area contributed by atoms with Crippen LogP contribution in [0, 0.1) is 0 Å². The van der Waals surface area contributed by atoms with Crippen molar-refractivity contribution in [3.8, 4) is 17.0 Å². The number of pyridine rings is 1. The maximum absolute atomic E-state index is 13.1. The summed E-state index contributed by atoms with van der Waals surface area (Å²) >= 11 is 0. The second-order valence-corrected chi connectivity index (χ2v) is 10.8. The summed E-state index contributed by atoms with van der Waals surface area (Å²) in [6.07, 6.45) is -2.50. The number of fused-ring (bicyclic) bond motifs is 1. The number of nitrogens with zero attached hydrogens (tertiary/aromatic N) is 1. The van der Waals surface area contributed by atoms with Gasteiger partial charge in [0.2, 0.25) is 5.91 Å². The molecule has 0 atom stereocenters. The number of aromatic nitrogens is 1. The first-order valence-electron chi connectivity index (χ1n) is 12.7. The number of amides is 2. The monoisotopic (exact) mass is 585 g/mol. The van der Waals surface area contributed by atoms with Gasteiger partial charge in [-0.2, -0.15) is 0 Å². The van der Waals surface area contributed by atoms with Crippen LogP contribution in [0.3, 0.4) is 0 Å². The number of hydrogen-bond acceptors (Lipinski definition) is 6. The van der Waals surface area contributed by atoms with Crippen molar-refractivity contribution in [2.75, 3.05) is 5.32 Å². The van der Waals surface area contributed by atoms with Crippen LogP contribution in [0.15, 0.2) is 83.8 Å². The summed E-state index contributed by atoms with van der Waals surface area (Å²) in [5, 5.41) is 3.16. The average Bonchev–Trinajstić information content (AvgIpc) is 2.92. The van der Waals surface area contributed by atoms with Crippen molar-refractivity contribution >= 4 is 38.4 Å². The van der Waals surface area contributed by atoms with E-state index in [-0.39, 0.29) is 28.3 Å². The third-order valence-electron chi connectivity index (χ3n) is 6.00. The number of sulfonamides is 1. The lowest BCUT2D eigenvalue weighted by molar-refractivity contribution is -0.274. The predicted molar refractivity (Wildman–Crippen MR) is 148 cm³/mol. The molecule has 4 rings (SSSR count). The first-order valence-corrected chi connectivity index (χ1v) is 14.2. The number of anilines is 1. The van der Waals surface area contributed by atoms with E-state index in [0.29, 0.717) is 28.6 Å². The van der Waals surface area contributed by atoms with E-state index >= 15 is 0 Å². The second-order valence-electron chi connectivity index (χ2n) is 9.12. The lowest BCUT2D eigenvalue weighted by atomic mass is 10.1. The summed E-state index contributed by atoms with van der Waals surface area (Å²) in [6.45, 7) is 1.97. The van der Waals surface area contributed by atoms with Crippen LogP contribution in [0.4, 0.5) is 18.9 Å². The number of unbranched alkanes of at least 4 members (excludes halogenated alkanes) is 2. The molecule has 1 aromatic heterocycles. The third kappa shape index (κ3) is 7.82. The number of rotatable bonds is 10. The lowest BCUT2D eigenvalue weighted by Gasteiger charge is -2.13. The Morgan fingerprint density at radius 2 is 1.71 bits per heavy atom. The molecule has 0 aliphatic heterocycles. The van der Waals surface area contributed by atoms with Crippen molar-refractivity contribution in [2.24, 2.45) is 0 Å². The fraction of sp³-hybridized carbons (Fsp3) is 0.207. The zero-order valence-electron chi connectivity index (χ0n) is 21.9. The van der Waals surface area contributed by atoms with Crippen molar-refractivity contribution in [2.45, 2.75) is 43.9 Å². The molecule has 0 aliphatic rings. The topological polar surface area (TPSA) is 114 Å². The minimum atomic E-state index is -4.82. The zero-order valence-corrected chi connectivity index (χ0v) is 22.7. The van der Waals surface area contributed by atoms with Crippen LogP contribution >= 0.6 is 0 Å². The molecular weight excluding hydrogens is 559 g/mol. The van der Waals surface area contributed by atoms with Gasteiger partial charge in [0.1, 0.15) is 10.6 Å². The molecule has 0 fully saturated rings. The third-order valence-corrected chi connectivity index (χ3v) is 7.43. The average molecular weight is 586 g/mol. The summed E-state index contributed by atoms with van der Waals surface area (Å²) in [5.74, 6) is -1.59. The van der Waals surface area contributed by atoms with Gasteiger partial charge >= 0.3 is 6.36 Å². The molecule has 2 amide bonds. The number of ether oxygens (including phenoxy) is 1. The van der Waals surface area contributed by atoms with Crippen LogP contribution in [0.25, 0.3) is 22.2 Å². The molecule has 0 spiro atoms. The summed E-state index contributed by atoms with van der Waals surface area (Å²) in [7, 11) is -4.23. The standard InChI is InChI=1S/C29H26F3N3O5S/c1-2-3-4-12-27(36)35-41(38,39)26-11-6-5-10-25(26)34-28(37)21-14-16-24-20(17-21)13-15-23(33-24)19-8-7-9-22(18-19)40-29(30,31)32/h5-11,13-18H,2-4,12H2,1H3,(H,34,37)(H,35,36). The van der Waals surface area contributed by atoms with Gasteiger partial charge in [-0.3, -0.25) is 9.59 Å².